The Bertz CT molecular complexity index is 873. The summed E-state index contributed by atoms with van der Waals surface area (Å²) >= 11 is 3.18. The standard InChI is InChI=1S/C17H20F6O6S3/c18-16(19,20)15(17(21,22)23,32(26,27)28)12(25)29-13-3-8-1-9(4-13)14(10(2-8)5-13)30-7-11(6-24)31-14/h8-11,24H,1-7H2,(H,26,27,28). The van der Waals surface area contributed by atoms with E-state index in [1.165, 1.54) is 0 Å². The number of hydrogen-bond acceptors (Lipinski definition) is 7. The number of halogens is 6. The fourth-order valence-corrected chi connectivity index (χ4v) is 11.0. The van der Waals surface area contributed by atoms with Gasteiger partial charge in [0.25, 0.3) is 0 Å². The highest BCUT2D eigenvalue weighted by atomic mass is 32.2. The maximum Gasteiger partial charge on any atom is 0.430 e. The van der Waals surface area contributed by atoms with Crippen LogP contribution in [-0.2, 0) is 19.6 Å². The molecule has 1 saturated heterocycles. The molecule has 0 radical (unpaired) electrons. The largest absolute Gasteiger partial charge is 0.457 e. The van der Waals surface area contributed by atoms with Crippen LogP contribution in [0.15, 0.2) is 0 Å². The molecule has 0 aromatic carbocycles. The van der Waals surface area contributed by atoms with E-state index in [2.05, 4.69) is 0 Å². The quantitative estimate of drug-likeness (QED) is 0.324. The molecule has 0 aromatic rings. The van der Waals surface area contributed by atoms with Crippen molar-refractivity contribution in [3.8, 4) is 0 Å². The van der Waals surface area contributed by atoms with E-state index in [4.69, 9.17) is 9.29 Å². The number of hydrogen-bond donors (Lipinski definition) is 2. The van der Waals surface area contributed by atoms with E-state index in [1.54, 1.807) is 23.5 Å². The van der Waals surface area contributed by atoms with Crippen LogP contribution < -0.4 is 0 Å². The van der Waals surface area contributed by atoms with Gasteiger partial charge in [0, 0.05) is 11.0 Å². The summed E-state index contributed by atoms with van der Waals surface area (Å²) in [7, 11) is -7.02. The minimum Gasteiger partial charge on any atom is -0.457 e. The van der Waals surface area contributed by atoms with Gasteiger partial charge in [0.05, 0.1) is 10.7 Å². The first-order valence-electron chi connectivity index (χ1n) is 9.78. The molecule has 4 aliphatic carbocycles. The van der Waals surface area contributed by atoms with Gasteiger partial charge in [-0.25, -0.2) is 4.79 Å². The molecule has 0 aromatic heterocycles. The molecule has 3 unspecified atom stereocenters. The Kier molecular flexibility index (Phi) is 5.65. The highest BCUT2D eigenvalue weighted by Crippen LogP contribution is 2.71. The molecule has 4 saturated carbocycles. The van der Waals surface area contributed by atoms with E-state index in [1.807, 2.05) is 0 Å². The lowest BCUT2D eigenvalue weighted by Gasteiger charge is -2.63. The highest BCUT2D eigenvalue weighted by Gasteiger charge is 2.85. The van der Waals surface area contributed by atoms with Gasteiger partial charge in [0.2, 0.25) is 0 Å². The summed E-state index contributed by atoms with van der Waals surface area (Å²) in [5.74, 6) is -2.84. The molecular weight excluding hydrogens is 510 g/mol. The summed E-state index contributed by atoms with van der Waals surface area (Å²) in [6.45, 7) is -0.0591. The number of alkyl halides is 6. The van der Waals surface area contributed by atoms with Crippen molar-refractivity contribution in [2.24, 2.45) is 17.8 Å². The molecule has 6 nitrogen and oxygen atoms in total. The van der Waals surface area contributed by atoms with Crippen LogP contribution in [0.25, 0.3) is 0 Å². The number of ether oxygens (including phenoxy) is 1. The molecule has 15 heteroatoms. The van der Waals surface area contributed by atoms with Gasteiger partial charge in [-0.1, -0.05) is 0 Å². The van der Waals surface area contributed by atoms with Gasteiger partial charge < -0.3 is 9.84 Å². The second kappa shape index (κ2) is 7.31. The molecule has 5 aliphatic rings. The fraction of sp³-hybridized carbons (Fsp3) is 0.941. The number of carbonyl (C=O) groups is 1. The van der Waals surface area contributed by atoms with Crippen LogP contribution in [0.3, 0.4) is 0 Å². The van der Waals surface area contributed by atoms with Crippen LogP contribution >= 0.6 is 23.5 Å². The third kappa shape index (κ3) is 3.31. The van der Waals surface area contributed by atoms with Gasteiger partial charge >= 0.3 is 33.2 Å². The number of rotatable bonds is 4. The summed E-state index contributed by atoms with van der Waals surface area (Å²) in [4.78, 5) is 12.5. The first-order valence-corrected chi connectivity index (χ1v) is 13.1. The van der Waals surface area contributed by atoms with Crippen LogP contribution in [0.4, 0.5) is 26.3 Å². The molecule has 5 rings (SSSR count). The Morgan fingerprint density at radius 2 is 1.56 bits per heavy atom. The van der Waals surface area contributed by atoms with E-state index < -0.39 is 38.8 Å². The van der Waals surface area contributed by atoms with E-state index in [0.717, 1.165) is 0 Å². The molecule has 1 spiro atoms. The summed E-state index contributed by atoms with van der Waals surface area (Å²) < 4.78 is 111. The van der Waals surface area contributed by atoms with Crippen molar-refractivity contribution in [1.82, 2.24) is 0 Å². The van der Waals surface area contributed by atoms with E-state index >= 15 is 0 Å². The maximum atomic E-state index is 13.5. The SMILES string of the molecule is O=C(OC12CC3CC(C1)C1(SCC(CO)S1)C(C3)C2)C(C(F)(F)F)(C(F)(F)F)S(=O)(=O)O. The van der Waals surface area contributed by atoms with Gasteiger partial charge in [-0.15, -0.1) is 23.5 Å². The Labute approximate surface area is 187 Å². The van der Waals surface area contributed by atoms with Crippen molar-refractivity contribution < 1.29 is 54.0 Å². The van der Waals surface area contributed by atoms with E-state index in [-0.39, 0.29) is 53.0 Å². The number of aliphatic hydroxyl groups is 1. The average Bonchev–Trinajstić information content (AvgIpc) is 3.00. The van der Waals surface area contributed by atoms with Gasteiger partial charge in [-0.05, 0) is 49.9 Å². The molecule has 3 atom stereocenters. The predicted molar refractivity (Wildman–Crippen MR) is 102 cm³/mol. The van der Waals surface area contributed by atoms with E-state index in [0.29, 0.717) is 18.6 Å². The monoisotopic (exact) mass is 530 g/mol. The van der Waals surface area contributed by atoms with Crippen molar-refractivity contribution in [2.75, 3.05) is 12.4 Å². The Hall–Kier alpha value is -0.380. The fourth-order valence-electron chi connectivity index (χ4n) is 6.11. The van der Waals surface area contributed by atoms with Crippen molar-refractivity contribution in [1.29, 1.82) is 0 Å². The molecule has 1 heterocycles. The molecule has 32 heavy (non-hydrogen) atoms. The summed E-state index contributed by atoms with van der Waals surface area (Å²) in [5.41, 5.74) is -1.66. The Balaban J connectivity index is 1.68. The summed E-state index contributed by atoms with van der Waals surface area (Å²) in [6.07, 6.45) is -12.0. The van der Waals surface area contributed by atoms with Gasteiger partial charge in [-0.2, -0.15) is 34.8 Å². The number of thioether (sulfide) groups is 2. The third-order valence-corrected chi connectivity index (χ3v) is 12.7. The number of esters is 1. The lowest BCUT2D eigenvalue weighted by molar-refractivity contribution is -0.276. The van der Waals surface area contributed by atoms with Gasteiger partial charge in [-0.3, -0.25) is 4.55 Å². The second-order valence-corrected chi connectivity index (χ2v) is 13.7. The van der Waals surface area contributed by atoms with Crippen molar-refractivity contribution >= 4 is 39.6 Å². The number of aliphatic hydroxyl groups excluding tert-OH is 1. The van der Waals surface area contributed by atoms with Crippen LogP contribution in [0.1, 0.15) is 32.1 Å². The average molecular weight is 531 g/mol. The van der Waals surface area contributed by atoms with Crippen LogP contribution in [0.5, 0.6) is 0 Å². The molecule has 0 amide bonds. The van der Waals surface area contributed by atoms with Gasteiger partial charge in [0.1, 0.15) is 5.60 Å². The first-order chi connectivity index (χ1) is 14.5. The molecular formula is C17H20F6O6S3. The zero-order chi connectivity index (χ0) is 24.0. The van der Waals surface area contributed by atoms with Gasteiger partial charge in [0.15, 0.2) is 0 Å². The normalized spacial score (nSPS) is 39.6. The third-order valence-electron chi connectivity index (χ3n) is 7.10. The molecule has 1 aliphatic heterocycles. The molecule has 4 bridgehead atoms. The maximum absolute atomic E-state index is 13.5. The topological polar surface area (TPSA) is 101 Å². The van der Waals surface area contributed by atoms with Crippen LogP contribution in [0.2, 0.25) is 0 Å². The zero-order valence-electron chi connectivity index (χ0n) is 16.3. The Morgan fingerprint density at radius 3 is 1.97 bits per heavy atom. The molecule has 2 N–H and O–H groups in total. The van der Waals surface area contributed by atoms with Crippen LogP contribution in [-0.4, -0.2) is 68.4 Å². The molecule has 5 fully saturated rings. The lowest BCUT2D eigenvalue weighted by Crippen LogP contribution is -2.70. The first kappa shape index (κ1) is 24.7. The van der Waals surface area contributed by atoms with Crippen molar-refractivity contribution in [3.05, 3.63) is 0 Å². The zero-order valence-corrected chi connectivity index (χ0v) is 18.7. The molecule has 184 valence electrons. The second-order valence-electron chi connectivity index (χ2n) is 9.02. The van der Waals surface area contributed by atoms with E-state index in [9.17, 15) is 44.7 Å². The minimum atomic E-state index is -7.02. The predicted octanol–water partition coefficient (Wildman–Crippen LogP) is 3.40. The minimum absolute atomic E-state index is 0.00115. The van der Waals surface area contributed by atoms with Crippen LogP contribution in [0, 0.1) is 17.8 Å². The lowest BCUT2D eigenvalue weighted by atomic mass is 9.53. The summed E-state index contributed by atoms with van der Waals surface area (Å²) in [6, 6.07) is 0. The van der Waals surface area contributed by atoms with Crippen molar-refractivity contribution in [2.45, 2.75) is 64.1 Å². The van der Waals surface area contributed by atoms with Crippen molar-refractivity contribution in [3.63, 3.8) is 0 Å². The number of carbonyl (C=O) groups excluding carboxylic acids is 1. The smallest absolute Gasteiger partial charge is 0.430 e. The highest BCUT2D eigenvalue weighted by molar-refractivity contribution is 8.21. The Morgan fingerprint density at radius 1 is 1.03 bits per heavy atom. The summed E-state index contributed by atoms with van der Waals surface area (Å²) in [5, 5.41) is 9.45.